The van der Waals surface area contributed by atoms with Gasteiger partial charge in [0.05, 0.1) is 0 Å². The number of nitrogens with zero attached hydrogens (tertiary/aromatic N) is 1. The van der Waals surface area contributed by atoms with Gasteiger partial charge in [-0.2, -0.15) is 0 Å². The summed E-state index contributed by atoms with van der Waals surface area (Å²) in [6.07, 6.45) is 5.56. The monoisotopic (exact) mass is 227 g/mol. The predicted molar refractivity (Wildman–Crippen MR) is 65.3 cm³/mol. The van der Waals surface area contributed by atoms with E-state index in [4.69, 9.17) is 4.74 Å². The molecule has 1 fully saturated rings. The molecule has 0 aromatic rings. The van der Waals surface area contributed by atoms with Gasteiger partial charge in [0.2, 0.25) is 0 Å². The molecule has 1 unspecified atom stereocenters. The van der Waals surface area contributed by atoms with Crippen molar-refractivity contribution in [2.45, 2.75) is 58.1 Å². The average molecular weight is 227 g/mol. The summed E-state index contributed by atoms with van der Waals surface area (Å²) in [4.78, 5) is 14.0. The fourth-order valence-corrected chi connectivity index (χ4v) is 2.21. The molecule has 0 radical (unpaired) electrons. The highest BCUT2D eigenvalue weighted by molar-refractivity contribution is 5.75. The van der Waals surface area contributed by atoms with Crippen molar-refractivity contribution in [3.63, 3.8) is 0 Å². The van der Waals surface area contributed by atoms with Crippen LogP contribution in [-0.4, -0.2) is 37.1 Å². The summed E-state index contributed by atoms with van der Waals surface area (Å²) in [6, 6.07) is -0.0828. The molecule has 0 spiro atoms. The van der Waals surface area contributed by atoms with Crippen LogP contribution in [0.15, 0.2) is 0 Å². The standard InChI is InChI=1S/C13H25NO2/c1-10(2)9-12(14(3)4)13(15)16-11-7-5-6-8-11/h10-12H,5-9H2,1-4H3. The van der Waals surface area contributed by atoms with Gasteiger partial charge in [-0.05, 0) is 52.1 Å². The Balaban J connectivity index is 2.46. The van der Waals surface area contributed by atoms with E-state index in [2.05, 4.69) is 13.8 Å². The Bertz CT molecular complexity index is 220. The second-order valence-corrected chi connectivity index (χ2v) is 5.45. The quantitative estimate of drug-likeness (QED) is 0.676. The molecular formula is C13H25NO2. The maximum atomic E-state index is 12.0. The molecule has 0 aromatic heterocycles. The van der Waals surface area contributed by atoms with Gasteiger partial charge < -0.3 is 4.74 Å². The minimum absolute atomic E-state index is 0.0365. The maximum Gasteiger partial charge on any atom is 0.323 e. The van der Waals surface area contributed by atoms with Gasteiger partial charge >= 0.3 is 5.97 Å². The van der Waals surface area contributed by atoms with E-state index in [1.165, 1.54) is 12.8 Å². The molecule has 1 aliphatic carbocycles. The van der Waals surface area contributed by atoms with E-state index in [0.717, 1.165) is 19.3 Å². The number of hydrogen-bond acceptors (Lipinski definition) is 3. The van der Waals surface area contributed by atoms with Gasteiger partial charge in [-0.15, -0.1) is 0 Å². The lowest BCUT2D eigenvalue weighted by atomic mass is 10.0. The molecule has 3 nitrogen and oxygen atoms in total. The Kier molecular flexibility index (Phi) is 5.26. The van der Waals surface area contributed by atoms with Crippen LogP contribution in [0, 0.1) is 5.92 Å². The average Bonchev–Trinajstić information content (AvgIpc) is 2.65. The smallest absolute Gasteiger partial charge is 0.323 e. The Morgan fingerprint density at radius 1 is 1.31 bits per heavy atom. The van der Waals surface area contributed by atoms with Crippen LogP contribution < -0.4 is 0 Å². The molecule has 0 aromatic carbocycles. The van der Waals surface area contributed by atoms with Crippen LogP contribution in [0.2, 0.25) is 0 Å². The van der Waals surface area contributed by atoms with E-state index in [1.54, 1.807) is 0 Å². The summed E-state index contributed by atoms with van der Waals surface area (Å²) in [7, 11) is 3.89. The van der Waals surface area contributed by atoms with Gasteiger partial charge in [-0.1, -0.05) is 13.8 Å². The van der Waals surface area contributed by atoms with E-state index < -0.39 is 0 Å². The van der Waals surface area contributed by atoms with Crippen LogP contribution in [0.3, 0.4) is 0 Å². The van der Waals surface area contributed by atoms with Gasteiger partial charge in [0.1, 0.15) is 12.1 Å². The molecule has 0 bridgehead atoms. The number of hydrogen-bond donors (Lipinski definition) is 0. The number of esters is 1. The molecule has 1 aliphatic rings. The molecule has 0 amide bonds. The third-order valence-electron chi connectivity index (χ3n) is 3.18. The van der Waals surface area contributed by atoms with Gasteiger partial charge in [-0.25, -0.2) is 0 Å². The van der Waals surface area contributed by atoms with Crippen LogP contribution in [0.25, 0.3) is 0 Å². The second-order valence-electron chi connectivity index (χ2n) is 5.45. The van der Waals surface area contributed by atoms with E-state index in [0.29, 0.717) is 5.92 Å². The molecule has 0 heterocycles. The Labute approximate surface area is 99.1 Å². The summed E-state index contributed by atoms with van der Waals surface area (Å²) in [5.74, 6) is 0.481. The van der Waals surface area contributed by atoms with Crippen LogP contribution in [0.1, 0.15) is 46.0 Å². The van der Waals surface area contributed by atoms with Crippen molar-refractivity contribution >= 4 is 5.97 Å². The molecule has 1 rings (SSSR count). The van der Waals surface area contributed by atoms with Crippen molar-refractivity contribution < 1.29 is 9.53 Å². The third kappa shape index (κ3) is 4.12. The summed E-state index contributed by atoms with van der Waals surface area (Å²) in [5, 5.41) is 0. The van der Waals surface area contributed by atoms with Crippen LogP contribution in [0.5, 0.6) is 0 Å². The Hall–Kier alpha value is -0.570. The van der Waals surface area contributed by atoms with Crippen LogP contribution in [0.4, 0.5) is 0 Å². The van der Waals surface area contributed by atoms with E-state index in [-0.39, 0.29) is 18.1 Å². The first-order chi connectivity index (χ1) is 7.50. The van der Waals surface area contributed by atoms with Crippen molar-refractivity contribution in [3.05, 3.63) is 0 Å². The minimum Gasteiger partial charge on any atom is -0.461 e. The number of likely N-dealkylation sites (N-methyl/N-ethyl adjacent to an activating group) is 1. The number of rotatable bonds is 5. The minimum atomic E-state index is -0.0828. The lowest BCUT2D eigenvalue weighted by Gasteiger charge is -2.25. The summed E-state index contributed by atoms with van der Waals surface area (Å²) in [6.45, 7) is 4.28. The molecule has 0 N–H and O–H groups in total. The van der Waals surface area contributed by atoms with E-state index in [1.807, 2.05) is 19.0 Å². The molecule has 16 heavy (non-hydrogen) atoms. The first kappa shape index (κ1) is 13.5. The van der Waals surface area contributed by atoms with E-state index >= 15 is 0 Å². The van der Waals surface area contributed by atoms with Crippen molar-refractivity contribution in [2.75, 3.05) is 14.1 Å². The van der Waals surface area contributed by atoms with Crippen LogP contribution >= 0.6 is 0 Å². The van der Waals surface area contributed by atoms with Gasteiger partial charge in [0.25, 0.3) is 0 Å². The maximum absolute atomic E-state index is 12.0. The molecule has 0 saturated heterocycles. The first-order valence-corrected chi connectivity index (χ1v) is 6.37. The Morgan fingerprint density at radius 3 is 2.31 bits per heavy atom. The number of carbonyl (C=O) groups is 1. The van der Waals surface area contributed by atoms with Crippen LogP contribution in [-0.2, 0) is 9.53 Å². The summed E-state index contributed by atoms with van der Waals surface area (Å²) in [5.41, 5.74) is 0. The Morgan fingerprint density at radius 2 is 1.88 bits per heavy atom. The predicted octanol–water partition coefficient (Wildman–Crippen LogP) is 2.45. The first-order valence-electron chi connectivity index (χ1n) is 6.37. The van der Waals surface area contributed by atoms with Gasteiger partial charge in [0, 0.05) is 0 Å². The summed E-state index contributed by atoms with van der Waals surface area (Å²) >= 11 is 0. The van der Waals surface area contributed by atoms with E-state index in [9.17, 15) is 4.79 Å². The van der Waals surface area contributed by atoms with Crippen molar-refractivity contribution in [3.8, 4) is 0 Å². The highest BCUT2D eigenvalue weighted by Crippen LogP contribution is 2.22. The highest BCUT2D eigenvalue weighted by atomic mass is 16.5. The zero-order chi connectivity index (χ0) is 12.1. The normalized spacial score (nSPS) is 19.4. The lowest BCUT2D eigenvalue weighted by molar-refractivity contribution is -0.154. The molecule has 1 saturated carbocycles. The number of ether oxygens (including phenoxy) is 1. The third-order valence-corrected chi connectivity index (χ3v) is 3.18. The topological polar surface area (TPSA) is 29.5 Å². The molecule has 3 heteroatoms. The van der Waals surface area contributed by atoms with Gasteiger partial charge in [-0.3, -0.25) is 9.69 Å². The molecule has 0 aliphatic heterocycles. The molecule has 1 atom stereocenters. The highest BCUT2D eigenvalue weighted by Gasteiger charge is 2.27. The zero-order valence-corrected chi connectivity index (χ0v) is 11.0. The fraction of sp³-hybridized carbons (Fsp3) is 0.923. The summed E-state index contributed by atoms with van der Waals surface area (Å²) < 4.78 is 5.56. The van der Waals surface area contributed by atoms with Crippen molar-refractivity contribution in [1.29, 1.82) is 0 Å². The molecule has 94 valence electrons. The fourth-order valence-electron chi connectivity index (χ4n) is 2.21. The molecular weight excluding hydrogens is 202 g/mol. The van der Waals surface area contributed by atoms with Gasteiger partial charge in [0.15, 0.2) is 0 Å². The number of carbonyl (C=O) groups excluding carboxylic acids is 1. The second kappa shape index (κ2) is 6.24. The lowest BCUT2D eigenvalue weighted by Crippen LogP contribution is -2.39. The SMILES string of the molecule is CC(C)CC(C(=O)OC1CCCC1)N(C)C. The largest absolute Gasteiger partial charge is 0.461 e. The van der Waals surface area contributed by atoms with Crippen molar-refractivity contribution in [1.82, 2.24) is 4.90 Å². The zero-order valence-electron chi connectivity index (χ0n) is 11.0. The van der Waals surface area contributed by atoms with Crippen molar-refractivity contribution in [2.24, 2.45) is 5.92 Å².